The number of nitrogen functional groups attached to an aromatic ring is 1. The van der Waals surface area contributed by atoms with E-state index in [-0.39, 0.29) is 5.95 Å². The summed E-state index contributed by atoms with van der Waals surface area (Å²) in [4.78, 5) is 18.0. The lowest BCUT2D eigenvalue weighted by Crippen LogP contribution is -2.38. The van der Waals surface area contributed by atoms with E-state index in [1.807, 2.05) is 0 Å². The molecule has 0 aromatic carbocycles. The number of nitrogens with two attached hydrogens (primary N) is 1. The Morgan fingerprint density at radius 1 is 1.35 bits per heavy atom. The minimum Gasteiger partial charge on any atom is -0.368 e. The fourth-order valence-corrected chi connectivity index (χ4v) is 2.76. The molecule has 20 heavy (non-hydrogen) atoms. The van der Waals surface area contributed by atoms with Crippen molar-refractivity contribution in [1.29, 1.82) is 0 Å². The van der Waals surface area contributed by atoms with Gasteiger partial charge >= 0.3 is 0 Å². The number of likely N-dealkylation sites (tertiary alicyclic amines) is 1. The van der Waals surface area contributed by atoms with Crippen molar-refractivity contribution in [2.45, 2.75) is 32.2 Å². The first-order chi connectivity index (χ1) is 9.72. The molecule has 0 amide bonds. The SMILES string of the molecule is CC(CN1CCCCC1)Nc1nc(N)nc2nc[nH]c12. The third-order valence-corrected chi connectivity index (χ3v) is 3.67. The van der Waals surface area contributed by atoms with Crippen LogP contribution in [0.4, 0.5) is 11.8 Å². The largest absolute Gasteiger partial charge is 0.368 e. The number of piperidine rings is 1. The minimum absolute atomic E-state index is 0.247. The van der Waals surface area contributed by atoms with Gasteiger partial charge in [0, 0.05) is 12.6 Å². The predicted molar refractivity (Wildman–Crippen MR) is 79.5 cm³/mol. The van der Waals surface area contributed by atoms with E-state index < -0.39 is 0 Å². The topological polar surface area (TPSA) is 95.8 Å². The average Bonchev–Trinajstić information content (AvgIpc) is 2.88. The first-order valence-corrected chi connectivity index (χ1v) is 7.18. The highest BCUT2D eigenvalue weighted by atomic mass is 15.2. The summed E-state index contributed by atoms with van der Waals surface area (Å²) >= 11 is 0. The fraction of sp³-hybridized carbons (Fsp3) is 0.615. The third-order valence-electron chi connectivity index (χ3n) is 3.67. The highest BCUT2D eigenvalue weighted by molar-refractivity contribution is 5.83. The molecule has 1 atom stereocenters. The second-order valence-electron chi connectivity index (χ2n) is 5.44. The number of anilines is 2. The summed E-state index contributed by atoms with van der Waals surface area (Å²) in [6.07, 6.45) is 5.57. The Bertz CT molecular complexity index is 573. The minimum atomic E-state index is 0.247. The van der Waals surface area contributed by atoms with Crippen LogP contribution in [-0.4, -0.2) is 50.5 Å². The van der Waals surface area contributed by atoms with Gasteiger partial charge < -0.3 is 20.9 Å². The number of rotatable bonds is 4. The molecule has 0 saturated carbocycles. The Hall–Kier alpha value is -1.89. The number of hydrogen-bond donors (Lipinski definition) is 3. The molecule has 7 nitrogen and oxygen atoms in total. The molecule has 1 saturated heterocycles. The van der Waals surface area contributed by atoms with Gasteiger partial charge in [0.15, 0.2) is 11.5 Å². The standard InChI is InChI=1S/C13H21N7/c1-9(7-20-5-3-2-4-6-20)17-12-10-11(16-8-15-10)18-13(14)19-12/h8-9H,2-7H2,1H3,(H4,14,15,16,17,18,19). The monoisotopic (exact) mass is 275 g/mol. The van der Waals surface area contributed by atoms with Crippen LogP contribution in [-0.2, 0) is 0 Å². The van der Waals surface area contributed by atoms with Crippen LogP contribution in [0.3, 0.4) is 0 Å². The first-order valence-electron chi connectivity index (χ1n) is 7.18. The Balaban J connectivity index is 1.70. The number of H-pyrrole nitrogens is 1. The van der Waals surface area contributed by atoms with Gasteiger partial charge in [0.1, 0.15) is 5.52 Å². The van der Waals surface area contributed by atoms with E-state index >= 15 is 0 Å². The lowest BCUT2D eigenvalue weighted by molar-refractivity contribution is 0.223. The molecule has 108 valence electrons. The summed E-state index contributed by atoms with van der Waals surface area (Å²) in [6, 6.07) is 0.300. The highest BCUT2D eigenvalue weighted by Crippen LogP contribution is 2.18. The number of aromatic nitrogens is 4. The van der Waals surface area contributed by atoms with Crippen LogP contribution in [0, 0.1) is 0 Å². The van der Waals surface area contributed by atoms with Crippen molar-refractivity contribution in [3.8, 4) is 0 Å². The highest BCUT2D eigenvalue weighted by Gasteiger charge is 2.15. The molecule has 0 spiro atoms. The molecule has 7 heteroatoms. The van der Waals surface area contributed by atoms with Gasteiger partial charge in [0.25, 0.3) is 0 Å². The van der Waals surface area contributed by atoms with Gasteiger partial charge in [0.05, 0.1) is 6.33 Å². The molecule has 0 bridgehead atoms. The second kappa shape index (κ2) is 5.62. The first kappa shape index (κ1) is 13.1. The van der Waals surface area contributed by atoms with Crippen LogP contribution >= 0.6 is 0 Å². The van der Waals surface area contributed by atoms with Crippen molar-refractivity contribution in [1.82, 2.24) is 24.8 Å². The van der Waals surface area contributed by atoms with Gasteiger partial charge in [-0.1, -0.05) is 6.42 Å². The average molecular weight is 275 g/mol. The molecule has 2 aromatic rings. The zero-order valence-electron chi connectivity index (χ0n) is 11.8. The van der Waals surface area contributed by atoms with Crippen LogP contribution in [0.15, 0.2) is 6.33 Å². The summed E-state index contributed by atoms with van der Waals surface area (Å²) in [7, 11) is 0. The van der Waals surface area contributed by atoms with Gasteiger partial charge in [-0.25, -0.2) is 4.98 Å². The Kier molecular flexibility index (Phi) is 3.68. The number of fused-ring (bicyclic) bond motifs is 1. The lowest BCUT2D eigenvalue weighted by Gasteiger charge is -2.29. The van der Waals surface area contributed by atoms with Crippen molar-refractivity contribution in [2.75, 3.05) is 30.7 Å². The number of nitrogens with one attached hydrogen (secondary N) is 2. The maximum Gasteiger partial charge on any atom is 0.224 e. The van der Waals surface area contributed by atoms with Crippen molar-refractivity contribution in [2.24, 2.45) is 0 Å². The zero-order chi connectivity index (χ0) is 13.9. The van der Waals surface area contributed by atoms with Gasteiger partial charge in [-0.05, 0) is 32.9 Å². The van der Waals surface area contributed by atoms with E-state index in [1.165, 1.54) is 32.4 Å². The van der Waals surface area contributed by atoms with Crippen LogP contribution in [0.2, 0.25) is 0 Å². The lowest BCUT2D eigenvalue weighted by atomic mass is 10.1. The normalized spacial score (nSPS) is 18.2. The van der Waals surface area contributed by atoms with Gasteiger partial charge in [-0.3, -0.25) is 0 Å². The Morgan fingerprint density at radius 2 is 2.15 bits per heavy atom. The second-order valence-corrected chi connectivity index (χ2v) is 5.44. The quantitative estimate of drug-likeness (QED) is 0.776. The number of imidazole rings is 1. The summed E-state index contributed by atoms with van der Waals surface area (Å²) in [6.45, 7) is 5.56. The van der Waals surface area contributed by atoms with Crippen molar-refractivity contribution in [3.63, 3.8) is 0 Å². The summed E-state index contributed by atoms with van der Waals surface area (Å²) in [5, 5.41) is 3.42. The van der Waals surface area contributed by atoms with Crippen LogP contribution < -0.4 is 11.1 Å². The molecule has 3 rings (SSSR count). The van der Waals surface area contributed by atoms with E-state index in [0.29, 0.717) is 11.7 Å². The Labute approximate surface area is 118 Å². The third kappa shape index (κ3) is 2.82. The smallest absolute Gasteiger partial charge is 0.224 e. The summed E-state index contributed by atoms with van der Waals surface area (Å²) in [5.41, 5.74) is 7.13. The molecule has 0 radical (unpaired) electrons. The van der Waals surface area contributed by atoms with E-state index in [0.717, 1.165) is 17.9 Å². The molecule has 1 aliphatic rings. The molecule has 1 aliphatic heterocycles. The maximum atomic E-state index is 5.72. The molecule has 1 unspecified atom stereocenters. The van der Waals surface area contributed by atoms with Crippen LogP contribution in [0.25, 0.3) is 11.2 Å². The fourth-order valence-electron chi connectivity index (χ4n) is 2.76. The van der Waals surface area contributed by atoms with E-state index in [2.05, 4.69) is 37.1 Å². The van der Waals surface area contributed by atoms with Gasteiger partial charge in [0.2, 0.25) is 5.95 Å². The zero-order valence-corrected chi connectivity index (χ0v) is 11.8. The van der Waals surface area contributed by atoms with Crippen LogP contribution in [0.5, 0.6) is 0 Å². The number of hydrogen-bond acceptors (Lipinski definition) is 6. The summed E-state index contributed by atoms with van der Waals surface area (Å²) in [5.74, 6) is 0.979. The molecule has 0 aliphatic carbocycles. The Morgan fingerprint density at radius 3 is 2.95 bits per heavy atom. The number of aromatic amines is 1. The van der Waals surface area contributed by atoms with Gasteiger partial charge in [-0.2, -0.15) is 9.97 Å². The molecule has 1 fully saturated rings. The van der Waals surface area contributed by atoms with Gasteiger partial charge in [-0.15, -0.1) is 0 Å². The van der Waals surface area contributed by atoms with E-state index in [1.54, 1.807) is 6.33 Å². The number of nitrogens with zero attached hydrogens (tertiary/aromatic N) is 4. The molecular weight excluding hydrogens is 254 g/mol. The van der Waals surface area contributed by atoms with Crippen molar-refractivity contribution < 1.29 is 0 Å². The van der Waals surface area contributed by atoms with Crippen molar-refractivity contribution >= 4 is 22.9 Å². The van der Waals surface area contributed by atoms with Crippen molar-refractivity contribution in [3.05, 3.63) is 6.33 Å². The molecular formula is C13H21N7. The van der Waals surface area contributed by atoms with E-state index in [9.17, 15) is 0 Å². The maximum absolute atomic E-state index is 5.72. The van der Waals surface area contributed by atoms with Crippen LogP contribution in [0.1, 0.15) is 26.2 Å². The van der Waals surface area contributed by atoms with E-state index in [4.69, 9.17) is 5.73 Å². The molecule has 4 N–H and O–H groups in total. The molecule has 3 heterocycles. The predicted octanol–water partition coefficient (Wildman–Crippen LogP) is 1.22. The summed E-state index contributed by atoms with van der Waals surface area (Å²) < 4.78 is 0. The molecule has 2 aromatic heterocycles.